The van der Waals surface area contributed by atoms with Crippen LogP contribution in [0.25, 0.3) is 0 Å². The molecule has 2 unspecified atom stereocenters. The van der Waals surface area contributed by atoms with E-state index in [4.69, 9.17) is 9.84 Å². The van der Waals surface area contributed by atoms with Crippen molar-refractivity contribution in [2.24, 2.45) is 0 Å². The molecule has 0 radical (unpaired) electrons. The number of ketones is 1. The van der Waals surface area contributed by atoms with E-state index in [1.165, 1.54) is 25.1 Å². The maximum absolute atomic E-state index is 12.5. The number of carboxylic acids is 2. The maximum atomic E-state index is 12.5. The van der Waals surface area contributed by atoms with E-state index in [1.54, 1.807) is 6.92 Å². The van der Waals surface area contributed by atoms with Crippen molar-refractivity contribution in [1.82, 2.24) is 0 Å². The second kappa shape index (κ2) is 7.33. The first kappa shape index (κ1) is 18.4. The summed E-state index contributed by atoms with van der Waals surface area (Å²) in [5, 5.41) is 18.0. The molecule has 1 heterocycles. The fourth-order valence-electron chi connectivity index (χ4n) is 2.59. The molecule has 134 valence electrons. The van der Waals surface area contributed by atoms with Crippen LogP contribution in [0.15, 0.2) is 18.2 Å². The number of hydrogen-bond acceptors (Lipinski definition) is 5. The first-order valence-corrected chi connectivity index (χ1v) is 7.87. The number of carbonyl (C=O) groups is 4. The molecular formula is C17H19NO7. The number of benzene rings is 1. The van der Waals surface area contributed by atoms with E-state index < -0.39 is 35.8 Å². The van der Waals surface area contributed by atoms with Gasteiger partial charge in [-0.15, -0.1) is 0 Å². The molecule has 0 fully saturated rings. The topological polar surface area (TPSA) is 121 Å². The van der Waals surface area contributed by atoms with E-state index >= 15 is 0 Å². The summed E-state index contributed by atoms with van der Waals surface area (Å²) in [4.78, 5) is 47.8. The predicted octanol–water partition coefficient (Wildman–Crippen LogP) is 1.71. The van der Waals surface area contributed by atoms with Gasteiger partial charge < -0.3 is 14.9 Å². The van der Waals surface area contributed by atoms with Crippen molar-refractivity contribution in [1.29, 1.82) is 0 Å². The van der Waals surface area contributed by atoms with Crippen LogP contribution in [0.5, 0.6) is 5.75 Å². The molecule has 0 aromatic heterocycles. The van der Waals surface area contributed by atoms with Crippen LogP contribution in [0.1, 0.15) is 43.5 Å². The molecule has 1 amide bonds. The fourth-order valence-corrected chi connectivity index (χ4v) is 2.59. The zero-order valence-electron chi connectivity index (χ0n) is 13.9. The number of nitrogens with zero attached hydrogens (tertiary/aromatic N) is 1. The highest BCUT2D eigenvalue weighted by Gasteiger charge is 2.38. The highest BCUT2D eigenvalue weighted by molar-refractivity contribution is 6.06. The summed E-state index contributed by atoms with van der Waals surface area (Å²) < 4.78 is 5.60. The van der Waals surface area contributed by atoms with Crippen LogP contribution < -0.4 is 9.64 Å². The number of fused-ring (bicyclic) bond motifs is 1. The third-order valence-electron chi connectivity index (χ3n) is 4.00. The van der Waals surface area contributed by atoms with Gasteiger partial charge in [-0.1, -0.05) is 6.92 Å². The van der Waals surface area contributed by atoms with Crippen molar-refractivity contribution >= 4 is 29.3 Å². The van der Waals surface area contributed by atoms with Crippen molar-refractivity contribution in [3.8, 4) is 5.75 Å². The number of ether oxygens (including phenoxy) is 1. The van der Waals surface area contributed by atoms with Crippen LogP contribution in [0, 0.1) is 0 Å². The third-order valence-corrected chi connectivity index (χ3v) is 4.00. The minimum Gasteiger partial charge on any atom is -0.481 e. The molecule has 1 aliphatic rings. The van der Waals surface area contributed by atoms with E-state index in [-0.39, 0.29) is 24.1 Å². The molecular weight excluding hydrogens is 330 g/mol. The Hall–Kier alpha value is -2.90. The molecule has 0 spiro atoms. The Labute approximate surface area is 144 Å². The summed E-state index contributed by atoms with van der Waals surface area (Å²) in [6.45, 7) is 3.13. The molecule has 1 aliphatic heterocycles. The number of Topliss-reactive ketones (excluding diaryl/α,β-unsaturated/α-hetero) is 1. The number of carbonyl (C=O) groups excluding carboxylic acids is 2. The Balaban J connectivity index is 2.42. The highest BCUT2D eigenvalue weighted by atomic mass is 16.5. The molecule has 0 bridgehead atoms. The first-order chi connectivity index (χ1) is 11.8. The van der Waals surface area contributed by atoms with Gasteiger partial charge in [0.2, 0.25) is 0 Å². The Morgan fingerprint density at radius 1 is 1.24 bits per heavy atom. The molecule has 2 atom stereocenters. The number of aliphatic carboxylic acids is 2. The third kappa shape index (κ3) is 3.78. The van der Waals surface area contributed by atoms with E-state index in [9.17, 15) is 24.3 Å². The standard InChI is InChI=1S/C17H19NO7/c1-3-13-16(22)18(9(2)17(23)24)11-8-10(4-6-14(11)25-13)12(19)5-7-15(20)21/h4,6,8-9,13H,3,5,7H2,1-2H3,(H,20,21)(H,23,24). The lowest BCUT2D eigenvalue weighted by molar-refractivity contribution is -0.141. The van der Waals surface area contributed by atoms with Crippen molar-refractivity contribution in [2.75, 3.05) is 4.90 Å². The number of anilines is 1. The Morgan fingerprint density at radius 2 is 1.92 bits per heavy atom. The number of amides is 1. The molecule has 0 aliphatic carbocycles. The molecule has 2 N–H and O–H groups in total. The largest absolute Gasteiger partial charge is 0.481 e. The fraction of sp³-hybridized carbons (Fsp3) is 0.412. The van der Waals surface area contributed by atoms with Gasteiger partial charge in [-0.3, -0.25) is 19.3 Å². The van der Waals surface area contributed by atoms with Gasteiger partial charge in [-0.05, 0) is 31.5 Å². The van der Waals surface area contributed by atoms with Crippen molar-refractivity contribution < 1.29 is 34.1 Å². The van der Waals surface area contributed by atoms with Crippen molar-refractivity contribution in [3.05, 3.63) is 23.8 Å². The second-order valence-electron chi connectivity index (χ2n) is 5.74. The normalized spacial score (nSPS) is 17.4. The van der Waals surface area contributed by atoms with Crippen LogP contribution in [-0.4, -0.2) is 46.0 Å². The molecule has 1 aromatic rings. The zero-order valence-corrected chi connectivity index (χ0v) is 13.9. The van der Waals surface area contributed by atoms with Gasteiger partial charge in [0.1, 0.15) is 11.8 Å². The first-order valence-electron chi connectivity index (χ1n) is 7.87. The average Bonchev–Trinajstić information content (AvgIpc) is 2.57. The minimum absolute atomic E-state index is 0.186. The van der Waals surface area contributed by atoms with E-state index in [0.717, 1.165) is 4.90 Å². The van der Waals surface area contributed by atoms with Gasteiger partial charge in [0, 0.05) is 12.0 Å². The lowest BCUT2D eigenvalue weighted by Gasteiger charge is -2.36. The van der Waals surface area contributed by atoms with Gasteiger partial charge >= 0.3 is 11.9 Å². The molecule has 8 heteroatoms. The van der Waals surface area contributed by atoms with Crippen LogP contribution in [-0.2, 0) is 14.4 Å². The summed E-state index contributed by atoms with van der Waals surface area (Å²) in [6.07, 6.45) is -0.906. The van der Waals surface area contributed by atoms with Crippen LogP contribution in [0.3, 0.4) is 0 Å². The Morgan fingerprint density at radius 3 is 2.48 bits per heavy atom. The van der Waals surface area contributed by atoms with E-state index in [1.807, 2.05) is 0 Å². The predicted molar refractivity (Wildman–Crippen MR) is 86.9 cm³/mol. The second-order valence-corrected chi connectivity index (χ2v) is 5.74. The summed E-state index contributed by atoms with van der Waals surface area (Å²) in [6, 6.07) is 3.23. The molecule has 0 saturated carbocycles. The van der Waals surface area contributed by atoms with Gasteiger partial charge in [0.15, 0.2) is 11.9 Å². The van der Waals surface area contributed by atoms with Crippen molar-refractivity contribution in [3.63, 3.8) is 0 Å². The summed E-state index contributed by atoms with van der Waals surface area (Å²) in [5.74, 6) is -2.84. The molecule has 0 saturated heterocycles. The van der Waals surface area contributed by atoms with Crippen LogP contribution >= 0.6 is 0 Å². The van der Waals surface area contributed by atoms with E-state index in [2.05, 4.69) is 0 Å². The zero-order chi connectivity index (χ0) is 18.7. The summed E-state index contributed by atoms with van der Waals surface area (Å²) in [7, 11) is 0. The minimum atomic E-state index is -1.18. The lowest BCUT2D eigenvalue weighted by atomic mass is 10.0. The monoisotopic (exact) mass is 349 g/mol. The Bertz CT molecular complexity index is 728. The van der Waals surface area contributed by atoms with Gasteiger partial charge in [0.05, 0.1) is 12.1 Å². The average molecular weight is 349 g/mol. The maximum Gasteiger partial charge on any atom is 0.326 e. The van der Waals surface area contributed by atoms with Gasteiger partial charge in [0.25, 0.3) is 5.91 Å². The number of hydrogen-bond donors (Lipinski definition) is 2. The smallest absolute Gasteiger partial charge is 0.326 e. The molecule has 25 heavy (non-hydrogen) atoms. The lowest BCUT2D eigenvalue weighted by Crippen LogP contribution is -2.52. The number of carboxylic acid groups (broad SMARTS) is 2. The van der Waals surface area contributed by atoms with Gasteiger partial charge in [-0.25, -0.2) is 4.79 Å². The highest BCUT2D eigenvalue weighted by Crippen LogP contribution is 2.37. The quantitative estimate of drug-likeness (QED) is 0.719. The SMILES string of the molecule is CCC1Oc2ccc(C(=O)CCC(=O)O)cc2N(C(C)C(=O)O)C1=O. The van der Waals surface area contributed by atoms with E-state index in [0.29, 0.717) is 12.2 Å². The van der Waals surface area contributed by atoms with Crippen LogP contribution in [0.2, 0.25) is 0 Å². The number of rotatable bonds is 7. The van der Waals surface area contributed by atoms with Gasteiger partial charge in [-0.2, -0.15) is 0 Å². The molecule has 8 nitrogen and oxygen atoms in total. The molecule has 2 rings (SSSR count). The molecule has 1 aromatic carbocycles. The Kier molecular flexibility index (Phi) is 5.41. The van der Waals surface area contributed by atoms with Crippen molar-refractivity contribution in [2.45, 2.75) is 45.3 Å². The summed E-state index contributed by atoms with van der Waals surface area (Å²) >= 11 is 0. The summed E-state index contributed by atoms with van der Waals surface area (Å²) in [5.41, 5.74) is 0.403. The van der Waals surface area contributed by atoms with Crippen LogP contribution in [0.4, 0.5) is 5.69 Å².